The zero-order chi connectivity index (χ0) is 12.7. The molecule has 0 amide bonds. The molecule has 1 aromatic rings. The predicted molar refractivity (Wildman–Crippen MR) is 76.0 cm³/mol. The van der Waals surface area contributed by atoms with Gasteiger partial charge in [0.15, 0.2) is 0 Å². The van der Waals surface area contributed by atoms with Crippen molar-refractivity contribution < 1.29 is 0 Å². The predicted octanol–water partition coefficient (Wildman–Crippen LogP) is 2.78. The van der Waals surface area contributed by atoms with E-state index in [4.69, 9.17) is 17.3 Å². The molecule has 2 aliphatic rings. The van der Waals surface area contributed by atoms with Gasteiger partial charge in [0, 0.05) is 17.6 Å². The molecule has 0 spiro atoms. The maximum atomic E-state index is 6.43. The molecule has 18 heavy (non-hydrogen) atoms. The molecule has 0 saturated carbocycles. The van der Waals surface area contributed by atoms with Crippen LogP contribution in [-0.2, 0) is 12.8 Å². The maximum absolute atomic E-state index is 6.43. The van der Waals surface area contributed by atoms with Gasteiger partial charge in [-0.15, -0.1) is 0 Å². The highest BCUT2D eigenvalue weighted by Gasteiger charge is 2.30. The van der Waals surface area contributed by atoms with Gasteiger partial charge in [-0.3, -0.25) is 4.90 Å². The minimum absolute atomic E-state index is 0.502. The third-order valence-electron chi connectivity index (χ3n) is 4.54. The molecule has 1 saturated heterocycles. The zero-order valence-corrected chi connectivity index (χ0v) is 11.7. The summed E-state index contributed by atoms with van der Waals surface area (Å²) in [6, 6.07) is 5.07. The maximum Gasteiger partial charge on any atom is 0.0444 e. The van der Waals surface area contributed by atoms with E-state index in [1.54, 1.807) is 0 Å². The van der Waals surface area contributed by atoms with E-state index in [9.17, 15) is 0 Å². The molecule has 3 heteroatoms. The Labute approximate surface area is 114 Å². The van der Waals surface area contributed by atoms with Crippen LogP contribution in [0.2, 0.25) is 5.02 Å². The molecule has 3 rings (SSSR count). The molecule has 1 fully saturated rings. The molecule has 0 bridgehead atoms. The second-order valence-electron chi connectivity index (χ2n) is 5.79. The van der Waals surface area contributed by atoms with Gasteiger partial charge in [-0.25, -0.2) is 0 Å². The third kappa shape index (κ3) is 2.07. The van der Waals surface area contributed by atoms with E-state index in [-0.39, 0.29) is 0 Å². The van der Waals surface area contributed by atoms with Crippen molar-refractivity contribution in [3.63, 3.8) is 0 Å². The van der Waals surface area contributed by atoms with Gasteiger partial charge in [0.2, 0.25) is 0 Å². The molecule has 1 aliphatic carbocycles. The Balaban J connectivity index is 1.91. The van der Waals surface area contributed by atoms with Gasteiger partial charge in [-0.1, -0.05) is 17.7 Å². The first-order valence-electron chi connectivity index (χ1n) is 6.90. The minimum atomic E-state index is 0.502. The summed E-state index contributed by atoms with van der Waals surface area (Å²) in [5.74, 6) is 0.632. The van der Waals surface area contributed by atoms with Crippen molar-refractivity contribution in [3.8, 4) is 0 Å². The van der Waals surface area contributed by atoms with Crippen molar-refractivity contribution in [2.75, 3.05) is 20.1 Å². The topological polar surface area (TPSA) is 29.3 Å². The van der Waals surface area contributed by atoms with Crippen LogP contribution in [0.25, 0.3) is 0 Å². The lowest BCUT2D eigenvalue weighted by atomic mass is 9.97. The molecule has 0 radical (unpaired) electrons. The standard InChI is InChI=1S/C15H21ClN2/c1-18-9-10(8-17)5-15(18)12-6-11-3-2-4-13(11)14(16)7-12/h6-7,10,15H,2-5,8-9,17H2,1H3. The Morgan fingerprint density at radius 1 is 1.39 bits per heavy atom. The monoisotopic (exact) mass is 264 g/mol. The normalized spacial score (nSPS) is 27.7. The largest absolute Gasteiger partial charge is 0.330 e. The van der Waals surface area contributed by atoms with Crippen LogP contribution in [0.3, 0.4) is 0 Å². The second-order valence-corrected chi connectivity index (χ2v) is 6.19. The van der Waals surface area contributed by atoms with Crippen LogP contribution < -0.4 is 5.73 Å². The number of nitrogens with zero attached hydrogens (tertiary/aromatic N) is 1. The average Bonchev–Trinajstić information content (AvgIpc) is 2.95. The molecule has 2 unspecified atom stereocenters. The molecular weight excluding hydrogens is 244 g/mol. The molecule has 2 atom stereocenters. The lowest BCUT2D eigenvalue weighted by molar-refractivity contribution is 0.313. The number of likely N-dealkylation sites (tertiary alicyclic amines) is 1. The van der Waals surface area contributed by atoms with E-state index in [0.717, 1.165) is 24.5 Å². The van der Waals surface area contributed by atoms with Crippen LogP contribution in [0.4, 0.5) is 0 Å². The Bertz CT molecular complexity index is 458. The lowest BCUT2D eigenvalue weighted by Crippen LogP contribution is -2.20. The van der Waals surface area contributed by atoms with Gasteiger partial charge >= 0.3 is 0 Å². The first kappa shape index (κ1) is 12.5. The number of halogens is 1. The molecule has 1 aliphatic heterocycles. The van der Waals surface area contributed by atoms with Crippen LogP contribution in [0.15, 0.2) is 12.1 Å². The van der Waals surface area contributed by atoms with Crippen molar-refractivity contribution in [2.45, 2.75) is 31.7 Å². The summed E-state index contributed by atoms with van der Waals surface area (Å²) in [6.07, 6.45) is 4.77. The molecule has 2 N–H and O–H groups in total. The number of benzene rings is 1. The highest BCUT2D eigenvalue weighted by molar-refractivity contribution is 6.31. The zero-order valence-electron chi connectivity index (χ0n) is 11.0. The van der Waals surface area contributed by atoms with Gasteiger partial charge < -0.3 is 5.73 Å². The van der Waals surface area contributed by atoms with Gasteiger partial charge in [-0.2, -0.15) is 0 Å². The number of nitrogens with two attached hydrogens (primary N) is 1. The Morgan fingerprint density at radius 2 is 2.22 bits per heavy atom. The molecule has 98 valence electrons. The number of hydrogen-bond acceptors (Lipinski definition) is 2. The van der Waals surface area contributed by atoms with Gasteiger partial charge in [0.05, 0.1) is 0 Å². The number of hydrogen-bond donors (Lipinski definition) is 1. The van der Waals surface area contributed by atoms with Gasteiger partial charge in [0.1, 0.15) is 0 Å². The summed E-state index contributed by atoms with van der Waals surface area (Å²) in [6.45, 7) is 1.90. The number of fused-ring (bicyclic) bond motifs is 1. The van der Waals surface area contributed by atoms with E-state index in [2.05, 4.69) is 24.1 Å². The van der Waals surface area contributed by atoms with Crippen LogP contribution in [-0.4, -0.2) is 25.0 Å². The first-order valence-corrected chi connectivity index (χ1v) is 7.28. The van der Waals surface area contributed by atoms with Crippen molar-refractivity contribution in [1.82, 2.24) is 4.90 Å². The molecule has 0 aromatic heterocycles. The smallest absolute Gasteiger partial charge is 0.0444 e. The number of aryl methyl sites for hydroxylation is 1. The van der Waals surface area contributed by atoms with Crippen LogP contribution in [0.1, 0.15) is 35.6 Å². The van der Waals surface area contributed by atoms with Gasteiger partial charge in [0.25, 0.3) is 0 Å². The molecule has 1 heterocycles. The van der Waals surface area contributed by atoms with Crippen molar-refractivity contribution in [1.29, 1.82) is 0 Å². The highest BCUT2D eigenvalue weighted by atomic mass is 35.5. The van der Waals surface area contributed by atoms with Crippen molar-refractivity contribution in [3.05, 3.63) is 33.8 Å². The van der Waals surface area contributed by atoms with Crippen LogP contribution in [0, 0.1) is 5.92 Å². The molecule has 2 nitrogen and oxygen atoms in total. The van der Waals surface area contributed by atoms with E-state index in [1.165, 1.54) is 36.0 Å². The van der Waals surface area contributed by atoms with E-state index in [0.29, 0.717) is 12.0 Å². The molecule has 1 aromatic carbocycles. The Hall–Kier alpha value is -0.570. The third-order valence-corrected chi connectivity index (χ3v) is 4.87. The van der Waals surface area contributed by atoms with Crippen molar-refractivity contribution >= 4 is 11.6 Å². The summed E-state index contributed by atoms with van der Waals surface area (Å²) >= 11 is 6.43. The summed E-state index contributed by atoms with van der Waals surface area (Å²) in [5, 5.41) is 0.976. The minimum Gasteiger partial charge on any atom is -0.330 e. The summed E-state index contributed by atoms with van der Waals surface area (Å²) in [5.41, 5.74) is 10.1. The van der Waals surface area contributed by atoms with E-state index < -0.39 is 0 Å². The average molecular weight is 265 g/mol. The van der Waals surface area contributed by atoms with Crippen LogP contribution >= 0.6 is 11.6 Å². The van der Waals surface area contributed by atoms with Crippen LogP contribution in [0.5, 0.6) is 0 Å². The van der Waals surface area contributed by atoms with E-state index in [1.807, 2.05) is 0 Å². The summed E-state index contributed by atoms with van der Waals surface area (Å²) in [4.78, 5) is 2.42. The Morgan fingerprint density at radius 3 is 2.94 bits per heavy atom. The first-order chi connectivity index (χ1) is 8.69. The summed E-state index contributed by atoms with van der Waals surface area (Å²) in [7, 11) is 2.20. The second kappa shape index (κ2) is 4.84. The van der Waals surface area contributed by atoms with Gasteiger partial charge in [-0.05, 0) is 68.0 Å². The fourth-order valence-corrected chi connectivity index (χ4v) is 3.88. The SMILES string of the molecule is CN1CC(CN)CC1c1cc(Cl)c2c(c1)CCC2. The van der Waals surface area contributed by atoms with E-state index >= 15 is 0 Å². The highest BCUT2D eigenvalue weighted by Crippen LogP contribution is 2.38. The fourth-order valence-electron chi connectivity index (χ4n) is 3.53. The number of rotatable bonds is 2. The quantitative estimate of drug-likeness (QED) is 0.890. The molecular formula is C15H21ClN2. The Kier molecular flexibility index (Phi) is 3.35. The van der Waals surface area contributed by atoms with Crippen molar-refractivity contribution in [2.24, 2.45) is 11.7 Å². The fraction of sp³-hybridized carbons (Fsp3) is 0.600. The lowest BCUT2D eigenvalue weighted by Gasteiger charge is -2.21. The summed E-state index contributed by atoms with van der Waals surface area (Å²) < 4.78 is 0.